The number of halogens is 1. The first-order valence-electron chi connectivity index (χ1n) is 6.59. The van der Waals surface area contributed by atoms with Gasteiger partial charge in [-0.1, -0.05) is 28.1 Å². The number of aromatic hydroxyl groups is 1. The standard InChI is InChI=1S/C15H8BrN3O4/c16-7-2-4-8-6(5-7)1-3-9-10(8)14(22)19(13(9)21)11-12(20)18-15(23)17-11/h1-5,20H,(H2,17,18,23). The second-order valence-electron chi connectivity index (χ2n) is 5.08. The number of aromatic amines is 2. The van der Waals surface area contributed by atoms with Crippen molar-refractivity contribution < 1.29 is 14.7 Å². The molecule has 3 aromatic rings. The van der Waals surface area contributed by atoms with Gasteiger partial charge in [-0.05, 0) is 29.0 Å². The molecule has 0 atom stereocenters. The van der Waals surface area contributed by atoms with E-state index in [2.05, 4.69) is 25.9 Å². The first kappa shape index (κ1) is 13.8. The smallest absolute Gasteiger partial charge is 0.327 e. The molecule has 0 unspecified atom stereocenters. The Balaban J connectivity index is 1.97. The number of nitrogens with zero attached hydrogens (tertiary/aromatic N) is 1. The zero-order valence-electron chi connectivity index (χ0n) is 11.4. The molecule has 0 bridgehead atoms. The SMILES string of the molecule is O=C1c2ccc3cc(Br)ccc3c2C(=O)N1c1[nH]c(=O)[nH]c1O. The minimum absolute atomic E-state index is 0.228. The number of rotatable bonds is 1. The van der Waals surface area contributed by atoms with Crippen LogP contribution in [-0.4, -0.2) is 26.9 Å². The minimum Gasteiger partial charge on any atom is -0.492 e. The highest BCUT2D eigenvalue weighted by molar-refractivity contribution is 9.10. The van der Waals surface area contributed by atoms with Crippen LogP contribution in [0.1, 0.15) is 20.7 Å². The van der Waals surface area contributed by atoms with Crippen LogP contribution >= 0.6 is 15.9 Å². The molecule has 2 heterocycles. The van der Waals surface area contributed by atoms with Crippen molar-refractivity contribution in [3.05, 3.63) is 56.4 Å². The number of hydrogen-bond donors (Lipinski definition) is 3. The highest BCUT2D eigenvalue weighted by Gasteiger charge is 2.40. The summed E-state index contributed by atoms with van der Waals surface area (Å²) in [6.45, 7) is 0. The molecule has 23 heavy (non-hydrogen) atoms. The van der Waals surface area contributed by atoms with E-state index in [0.29, 0.717) is 5.39 Å². The highest BCUT2D eigenvalue weighted by Crippen LogP contribution is 2.35. The van der Waals surface area contributed by atoms with Gasteiger partial charge in [0, 0.05) is 4.47 Å². The van der Waals surface area contributed by atoms with E-state index in [1.165, 1.54) is 0 Å². The quantitative estimate of drug-likeness (QED) is 0.568. The van der Waals surface area contributed by atoms with Crippen LogP contribution in [0.3, 0.4) is 0 Å². The van der Waals surface area contributed by atoms with Gasteiger partial charge in [0.2, 0.25) is 5.88 Å². The van der Waals surface area contributed by atoms with Crippen LogP contribution in [0.4, 0.5) is 5.82 Å². The van der Waals surface area contributed by atoms with Crippen molar-refractivity contribution in [2.75, 3.05) is 4.90 Å². The monoisotopic (exact) mass is 373 g/mol. The molecule has 2 aromatic carbocycles. The third-order valence-electron chi connectivity index (χ3n) is 3.74. The van der Waals surface area contributed by atoms with Crippen LogP contribution in [-0.2, 0) is 0 Å². The molecule has 0 saturated heterocycles. The Morgan fingerprint density at radius 3 is 2.48 bits per heavy atom. The van der Waals surface area contributed by atoms with Crippen molar-refractivity contribution in [1.82, 2.24) is 9.97 Å². The second kappa shape index (κ2) is 4.56. The van der Waals surface area contributed by atoms with Crippen molar-refractivity contribution in [1.29, 1.82) is 0 Å². The average Bonchev–Trinajstić information content (AvgIpc) is 2.96. The van der Waals surface area contributed by atoms with E-state index in [1.807, 2.05) is 6.07 Å². The number of benzene rings is 2. The number of hydrogen-bond acceptors (Lipinski definition) is 4. The van der Waals surface area contributed by atoms with Crippen molar-refractivity contribution in [3.63, 3.8) is 0 Å². The molecule has 0 spiro atoms. The van der Waals surface area contributed by atoms with E-state index < -0.39 is 23.4 Å². The summed E-state index contributed by atoms with van der Waals surface area (Å²) in [5, 5.41) is 11.1. The lowest BCUT2D eigenvalue weighted by Gasteiger charge is -2.10. The first-order valence-corrected chi connectivity index (χ1v) is 7.39. The largest absolute Gasteiger partial charge is 0.492 e. The number of nitrogens with one attached hydrogen (secondary N) is 2. The zero-order chi connectivity index (χ0) is 16.3. The van der Waals surface area contributed by atoms with Gasteiger partial charge in [-0.2, -0.15) is 0 Å². The van der Waals surface area contributed by atoms with Gasteiger partial charge in [0.1, 0.15) is 0 Å². The van der Waals surface area contributed by atoms with Crippen LogP contribution in [0.2, 0.25) is 0 Å². The number of aromatic nitrogens is 2. The number of imide groups is 1. The van der Waals surface area contributed by atoms with Crippen LogP contribution in [0.25, 0.3) is 10.8 Å². The topological polar surface area (TPSA) is 106 Å². The molecule has 3 N–H and O–H groups in total. The summed E-state index contributed by atoms with van der Waals surface area (Å²) in [5.74, 6) is -2.01. The van der Waals surface area contributed by atoms with Gasteiger partial charge in [-0.15, -0.1) is 0 Å². The maximum absolute atomic E-state index is 12.7. The summed E-state index contributed by atoms with van der Waals surface area (Å²) >= 11 is 3.36. The predicted octanol–water partition coefficient (Wildman–Crippen LogP) is 2.12. The Bertz CT molecular complexity index is 1070. The van der Waals surface area contributed by atoms with E-state index in [1.54, 1.807) is 24.3 Å². The summed E-state index contributed by atoms with van der Waals surface area (Å²) in [4.78, 5) is 41.6. The van der Waals surface area contributed by atoms with Gasteiger partial charge < -0.3 is 5.11 Å². The van der Waals surface area contributed by atoms with Crippen LogP contribution in [0, 0.1) is 0 Å². The zero-order valence-corrected chi connectivity index (χ0v) is 13.0. The molecule has 0 aliphatic carbocycles. The number of carbonyl (C=O) groups is 2. The molecule has 1 aromatic heterocycles. The van der Waals surface area contributed by atoms with E-state index >= 15 is 0 Å². The molecule has 2 amide bonds. The fourth-order valence-electron chi connectivity index (χ4n) is 2.76. The maximum Gasteiger partial charge on any atom is 0.327 e. The molecular formula is C15H8BrN3O4. The molecule has 0 radical (unpaired) electrons. The van der Waals surface area contributed by atoms with E-state index in [9.17, 15) is 19.5 Å². The van der Waals surface area contributed by atoms with Crippen molar-refractivity contribution in [2.45, 2.75) is 0 Å². The second-order valence-corrected chi connectivity index (χ2v) is 5.99. The van der Waals surface area contributed by atoms with Gasteiger partial charge >= 0.3 is 5.69 Å². The first-order chi connectivity index (χ1) is 11.0. The third kappa shape index (κ3) is 1.85. The fourth-order valence-corrected chi connectivity index (χ4v) is 3.14. The lowest BCUT2D eigenvalue weighted by molar-refractivity contribution is 0.0924. The lowest BCUT2D eigenvalue weighted by Crippen LogP contribution is -2.30. The Kier molecular flexibility index (Phi) is 2.73. The molecule has 0 saturated carbocycles. The molecule has 0 fully saturated rings. The van der Waals surface area contributed by atoms with E-state index in [-0.39, 0.29) is 16.9 Å². The summed E-state index contributed by atoms with van der Waals surface area (Å²) in [6, 6.07) is 8.66. The third-order valence-corrected chi connectivity index (χ3v) is 4.24. The summed E-state index contributed by atoms with van der Waals surface area (Å²) in [7, 11) is 0. The summed E-state index contributed by atoms with van der Waals surface area (Å²) in [5.41, 5.74) is -0.226. The lowest BCUT2D eigenvalue weighted by atomic mass is 10.0. The molecular weight excluding hydrogens is 366 g/mol. The number of fused-ring (bicyclic) bond motifs is 3. The van der Waals surface area contributed by atoms with Crippen LogP contribution in [0.5, 0.6) is 5.88 Å². The minimum atomic E-state index is -0.706. The Labute approximate surface area is 136 Å². The number of H-pyrrole nitrogens is 2. The van der Waals surface area contributed by atoms with E-state index in [0.717, 1.165) is 14.8 Å². The molecule has 7 nitrogen and oxygen atoms in total. The number of carbonyl (C=O) groups excluding carboxylic acids is 2. The molecule has 114 valence electrons. The van der Waals surface area contributed by atoms with Gasteiger partial charge in [0.05, 0.1) is 11.1 Å². The van der Waals surface area contributed by atoms with Gasteiger partial charge in [-0.25, -0.2) is 9.69 Å². The summed E-state index contributed by atoms with van der Waals surface area (Å²) in [6.07, 6.45) is 0. The normalized spacial score (nSPS) is 13.9. The Morgan fingerprint density at radius 2 is 1.78 bits per heavy atom. The van der Waals surface area contributed by atoms with Gasteiger partial charge in [0.15, 0.2) is 5.82 Å². The number of anilines is 1. The van der Waals surface area contributed by atoms with Crippen molar-refractivity contribution in [3.8, 4) is 5.88 Å². The fraction of sp³-hybridized carbons (Fsp3) is 0. The molecule has 4 rings (SSSR count). The number of amides is 2. The van der Waals surface area contributed by atoms with Crippen molar-refractivity contribution in [2.24, 2.45) is 0 Å². The molecule has 8 heteroatoms. The maximum atomic E-state index is 12.7. The Hall–Kier alpha value is -2.87. The van der Waals surface area contributed by atoms with Crippen LogP contribution < -0.4 is 10.6 Å². The van der Waals surface area contributed by atoms with Crippen molar-refractivity contribution >= 4 is 44.3 Å². The average molecular weight is 374 g/mol. The number of imidazole rings is 1. The Morgan fingerprint density at radius 1 is 1.00 bits per heavy atom. The van der Waals surface area contributed by atoms with Crippen LogP contribution in [0.15, 0.2) is 39.6 Å². The van der Waals surface area contributed by atoms with Gasteiger partial charge in [0.25, 0.3) is 11.8 Å². The van der Waals surface area contributed by atoms with Gasteiger partial charge in [-0.3, -0.25) is 19.6 Å². The molecule has 1 aliphatic heterocycles. The molecule has 1 aliphatic rings. The van der Waals surface area contributed by atoms with E-state index in [4.69, 9.17) is 0 Å². The summed E-state index contributed by atoms with van der Waals surface area (Å²) < 4.78 is 0.853. The predicted molar refractivity (Wildman–Crippen MR) is 85.9 cm³/mol. The highest BCUT2D eigenvalue weighted by atomic mass is 79.9.